The molecule has 8 heavy (non-hydrogen) atoms. The molecule has 0 atom stereocenters. The van der Waals surface area contributed by atoms with Crippen molar-refractivity contribution in [3.63, 3.8) is 0 Å². The molecule has 0 aliphatic heterocycles. The molecule has 0 bridgehead atoms. The molecule has 0 saturated carbocycles. The fourth-order valence-electron chi connectivity index (χ4n) is 0.231. The Kier molecular flexibility index (Phi) is 17.3. The van der Waals surface area contributed by atoms with Crippen LogP contribution in [0.1, 0.15) is 0 Å². The zero-order chi connectivity index (χ0) is 5.54. The minimum absolute atomic E-state index is 0. The van der Waals surface area contributed by atoms with Crippen LogP contribution >= 0.6 is 0 Å². The molecule has 0 aromatic carbocycles. The fourth-order valence-corrected chi connectivity index (χ4v) is 0.231. The predicted molar refractivity (Wildman–Crippen MR) is 32.1 cm³/mol. The predicted octanol–water partition coefficient (Wildman–Crippen LogP) is -1.66. The van der Waals surface area contributed by atoms with Gasteiger partial charge in [0.1, 0.15) is 0 Å². The zero-order valence-corrected chi connectivity index (χ0v) is 4.13. The van der Waals surface area contributed by atoms with Gasteiger partial charge >= 0.3 is 51.4 Å². The van der Waals surface area contributed by atoms with Crippen molar-refractivity contribution in [3.8, 4) is 0 Å². The van der Waals surface area contributed by atoms with Crippen molar-refractivity contribution in [2.24, 2.45) is 0 Å². The third-order valence-electron chi connectivity index (χ3n) is 0.471. The first-order valence-electron chi connectivity index (χ1n) is 2.21. The second-order valence-corrected chi connectivity index (χ2v) is 1.06. The number of hydrogen-bond donors (Lipinski definition) is 2. The Bertz CT molecular complexity index is 30.5. The molecule has 0 fully saturated rings. The number of ether oxygens (including phenoxy) is 1. The molecule has 0 amide bonds. The Labute approximate surface area is 91.5 Å². The summed E-state index contributed by atoms with van der Waals surface area (Å²) in [5, 5.41) is 16.2. The van der Waals surface area contributed by atoms with E-state index in [0.29, 0.717) is 13.2 Å². The van der Waals surface area contributed by atoms with E-state index in [9.17, 15) is 0 Å². The van der Waals surface area contributed by atoms with Crippen LogP contribution in [-0.4, -0.2) is 88.0 Å². The fraction of sp³-hybridized carbons (Fsp3) is 1.00. The van der Waals surface area contributed by atoms with Gasteiger partial charge in [-0.2, -0.15) is 0 Å². The summed E-state index contributed by atoms with van der Waals surface area (Å²) in [6, 6.07) is 0. The second-order valence-electron chi connectivity index (χ2n) is 1.06. The van der Waals surface area contributed by atoms with E-state index in [1.165, 1.54) is 0 Å². The summed E-state index contributed by atoms with van der Waals surface area (Å²) in [5.41, 5.74) is 0. The number of rotatable bonds is 4. The van der Waals surface area contributed by atoms with Crippen LogP contribution in [0.5, 0.6) is 0 Å². The van der Waals surface area contributed by atoms with Crippen molar-refractivity contribution in [1.29, 1.82) is 0 Å². The van der Waals surface area contributed by atoms with E-state index in [-0.39, 0.29) is 64.6 Å². The average molecular weight is 146 g/mol. The third-order valence-corrected chi connectivity index (χ3v) is 0.471. The molecule has 46 valence electrons. The summed E-state index contributed by atoms with van der Waals surface area (Å²) < 4.78 is 4.63. The topological polar surface area (TPSA) is 49.7 Å². The third kappa shape index (κ3) is 10.5. The van der Waals surface area contributed by atoms with Gasteiger partial charge in [-0.15, -0.1) is 0 Å². The number of aliphatic hydroxyl groups is 2. The van der Waals surface area contributed by atoms with Crippen molar-refractivity contribution in [2.45, 2.75) is 0 Å². The van der Waals surface area contributed by atoms with E-state index in [1.54, 1.807) is 0 Å². The van der Waals surface area contributed by atoms with Crippen LogP contribution in [0.2, 0.25) is 0 Å². The van der Waals surface area contributed by atoms with Crippen LogP contribution in [-0.2, 0) is 4.74 Å². The van der Waals surface area contributed by atoms with E-state index in [0.717, 1.165) is 0 Å². The second kappa shape index (κ2) is 11.3. The van der Waals surface area contributed by atoms with Crippen LogP contribution in [0.3, 0.4) is 0 Å². The van der Waals surface area contributed by atoms with Gasteiger partial charge in [-0.1, -0.05) is 0 Å². The summed E-state index contributed by atoms with van der Waals surface area (Å²) in [6.07, 6.45) is 0. The molecule has 0 unspecified atom stereocenters. The first kappa shape index (κ1) is 12.2. The minimum atomic E-state index is 0. The Balaban J connectivity index is 0. The maximum atomic E-state index is 8.09. The van der Waals surface area contributed by atoms with Gasteiger partial charge < -0.3 is 14.9 Å². The number of hydrogen-bond acceptors (Lipinski definition) is 3. The maximum absolute atomic E-state index is 8.09. The molecule has 0 radical (unpaired) electrons. The van der Waals surface area contributed by atoms with Gasteiger partial charge in [0.15, 0.2) is 0 Å². The summed E-state index contributed by atoms with van der Waals surface area (Å²) in [5.74, 6) is 0. The molecule has 0 spiro atoms. The Morgan fingerprint density at radius 1 is 1.00 bits per heavy atom. The molecular formula is C4H11KO3. The standard InChI is InChI=1S/C4H10O3.K.H/c5-1-3-7-4-2-6;;/h5-6H,1-4H2;;. The molecule has 0 aromatic rings. The van der Waals surface area contributed by atoms with Gasteiger partial charge in [-0.05, 0) is 0 Å². The van der Waals surface area contributed by atoms with Gasteiger partial charge in [0.25, 0.3) is 0 Å². The Hall–Kier alpha value is 1.52. The molecule has 0 rings (SSSR count). The van der Waals surface area contributed by atoms with Gasteiger partial charge in [-0.25, -0.2) is 0 Å². The molecule has 0 aliphatic rings. The Morgan fingerprint density at radius 2 is 1.38 bits per heavy atom. The van der Waals surface area contributed by atoms with Crippen LogP contribution in [0, 0.1) is 0 Å². The van der Waals surface area contributed by atoms with Gasteiger partial charge in [0.2, 0.25) is 0 Å². The van der Waals surface area contributed by atoms with E-state index in [2.05, 4.69) is 4.74 Å². The molecular weight excluding hydrogens is 135 g/mol. The molecule has 2 N–H and O–H groups in total. The van der Waals surface area contributed by atoms with E-state index in [4.69, 9.17) is 10.2 Å². The summed E-state index contributed by atoms with van der Waals surface area (Å²) in [7, 11) is 0. The molecule has 0 heterocycles. The number of aliphatic hydroxyl groups excluding tert-OH is 2. The molecule has 0 saturated heterocycles. The van der Waals surface area contributed by atoms with E-state index < -0.39 is 0 Å². The molecule has 4 heteroatoms. The van der Waals surface area contributed by atoms with E-state index in [1.807, 2.05) is 0 Å². The first-order chi connectivity index (χ1) is 3.41. The van der Waals surface area contributed by atoms with Gasteiger partial charge in [0, 0.05) is 0 Å². The van der Waals surface area contributed by atoms with Gasteiger partial charge in [-0.3, -0.25) is 0 Å². The van der Waals surface area contributed by atoms with E-state index >= 15 is 0 Å². The van der Waals surface area contributed by atoms with Crippen molar-refractivity contribution in [1.82, 2.24) is 0 Å². The normalized spacial score (nSPS) is 8.25. The zero-order valence-electron chi connectivity index (χ0n) is 4.13. The quantitative estimate of drug-likeness (QED) is 0.369. The van der Waals surface area contributed by atoms with Crippen LogP contribution < -0.4 is 0 Å². The SMILES string of the molecule is OCCOCCO.[KH]. The molecule has 0 aromatic heterocycles. The van der Waals surface area contributed by atoms with Gasteiger partial charge in [0.05, 0.1) is 26.4 Å². The van der Waals surface area contributed by atoms with Crippen LogP contribution in [0.4, 0.5) is 0 Å². The molecule has 0 aliphatic carbocycles. The van der Waals surface area contributed by atoms with Crippen molar-refractivity contribution >= 4 is 51.4 Å². The van der Waals surface area contributed by atoms with Crippen molar-refractivity contribution < 1.29 is 14.9 Å². The summed E-state index contributed by atoms with van der Waals surface area (Å²) in [4.78, 5) is 0. The average Bonchev–Trinajstić information content (AvgIpc) is 1.69. The monoisotopic (exact) mass is 146 g/mol. The van der Waals surface area contributed by atoms with Crippen LogP contribution in [0.15, 0.2) is 0 Å². The summed E-state index contributed by atoms with van der Waals surface area (Å²) in [6.45, 7) is 0.696. The van der Waals surface area contributed by atoms with Crippen molar-refractivity contribution in [3.05, 3.63) is 0 Å². The molecule has 3 nitrogen and oxygen atoms in total. The van der Waals surface area contributed by atoms with Crippen molar-refractivity contribution in [2.75, 3.05) is 26.4 Å². The first-order valence-corrected chi connectivity index (χ1v) is 2.21. The Morgan fingerprint density at radius 3 is 1.62 bits per heavy atom. The summed E-state index contributed by atoms with van der Waals surface area (Å²) >= 11 is 0. The van der Waals surface area contributed by atoms with Crippen LogP contribution in [0.25, 0.3) is 0 Å².